The summed E-state index contributed by atoms with van der Waals surface area (Å²) in [5, 5.41) is 0. The summed E-state index contributed by atoms with van der Waals surface area (Å²) in [4.78, 5) is 29.0. The van der Waals surface area contributed by atoms with Gasteiger partial charge in [0, 0.05) is 12.6 Å². The van der Waals surface area contributed by atoms with Crippen LogP contribution < -0.4 is 9.64 Å². The van der Waals surface area contributed by atoms with Crippen molar-refractivity contribution in [1.29, 1.82) is 0 Å². The van der Waals surface area contributed by atoms with E-state index in [-0.39, 0.29) is 5.91 Å². The number of rotatable bonds is 4. The number of methoxy groups -OCH3 is 1. The lowest BCUT2D eigenvalue weighted by molar-refractivity contribution is -0.161. The van der Waals surface area contributed by atoms with Crippen molar-refractivity contribution in [2.45, 2.75) is 19.1 Å². The van der Waals surface area contributed by atoms with Gasteiger partial charge in [0.1, 0.15) is 12.0 Å². The third-order valence-corrected chi connectivity index (χ3v) is 3.39. The molecular weight excluding hydrogens is 288 g/mol. The molecule has 2 atom stereocenters. The van der Waals surface area contributed by atoms with E-state index >= 15 is 0 Å². The van der Waals surface area contributed by atoms with Crippen molar-refractivity contribution in [3.05, 3.63) is 42.6 Å². The van der Waals surface area contributed by atoms with Crippen molar-refractivity contribution < 1.29 is 23.5 Å². The number of carbonyl (C=O) groups is 2. The molecule has 7 heteroatoms. The van der Waals surface area contributed by atoms with Gasteiger partial charge < -0.3 is 13.9 Å². The number of anilines is 1. The predicted octanol–water partition coefficient (Wildman–Crippen LogP) is 1.70. The molecule has 0 saturated carbocycles. The first-order chi connectivity index (χ1) is 10.6. The molecule has 1 aliphatic heterocycles. The number of hydrogen-bond donors (Lipinski definition) is 0. The Morgan fingerprint density at radius 1 is 1.32 bits per heavy atom. The summed E-state index contributed by atoms with van der Waals surface area (Å²) in [6, 6.07) is 6.41. The highest BCUT2D eigenvalue weighted by molar-refractivity contribution is 6.05. The van der Waals surface area contributed by atoms with E-state index < -0.39 is 18.1 Å². The first kappa shape index (κ1) is 14.1. The molecule has 0 radical (unpaired) electrons. The molecule has 0 unspecified atom stereocenters. The number of nitrogens with zero attached hydrogens (tertiary/aromatic N) is 2. The summed E-state index contributed by atoms with van der Waals surface area (Å²) in [6.07, 6.45) is 1.97. The monoisotopic (exact) mass is 302 g/mol. The minimum absolute atomic E-state index is 0.316. The number of benzene rings is 1. The maximum absolute atomic E-state index is 12.3. The van der Waals surface area contributed by atoms with Gasteiger partial charge in [0.2, 0.25) is 12.0 Å². The molecule has 0 N–H and O–H groups in total. The van der Waals surface area contributed by atoms with Crippen molar-refractivity contribution >= 4 is 17.6 Å². The molecule has 2 heterocycles. The summed E-state index contributed by atoms with van der Waals surface area (Å²) in [5.74, 6) is 0.162. The number of carbonyl (C=O) groups excluding carboxylic acids is 2. The maximum atomic E-state index is 12.3. The van der Waals surface area contributed by atoms with Gasteiger partial charge in [0.25, 0.3) is 5.91 Å². The molecule has 1 aromatic carbocycles. The fourth-order valence-electron chi connectivity index (χ4n) is 2.41. The van der Waals surface area contributed by atoms with Crippen LogP contribution in [0, 0.1) is 0 Å². The van der Waals surface area contributed by atoms with E-state index in [1.807, 2.05) is 0 Å². The molecule has 3 rings (SSSR count). The summed E-state index contributed by atoms with van der Waals surface area (Å²) in [7, 11) is 1.57. The number of oxazole rings is 1. The van der Waals surface area contributed by atoms with Gasteiger partial charge >= 0.3 is 5.97 Å². The second-order valence-corrected chi connectivity index (χ2v) is 4.75. The molecule has 0 aliphatic carbocycles. The Bertz CT molecular complexity index is 680. The molecule has 1 aromatic heterocycles. The maximum Gasteiger partial charge on any atom is 0.303 e. The molecule has 1 amide bonds. The number of β-lactam (4-membered cyclic amide) rings is 1. The Morgan fingerprint density at radius 3 is 2.59 bits per heavy atom. The average Bonchev–Trinajstić information content (AvgIpc) is 3.03. The average molecular weight is 302 g/mol. The van der Waals surface area contributed by atoms with Gasteiger partial charge in [-0.05, 0) is 24.3 Å². The third-order valence-electron chi connectivity index (χ3n) is 3.39. The van der Waals surface area contributed by atoms with Gasteiger partial charge in [-0.15, -0.1) is 0 Å². The van der Waals surface area contributed by atoms with E-state index in [0.717, 1.165) is 0 Å². The van der Waals surface area contributed by atoms with Crippen LogP contribution in [0.25, 0.3) is 0 Å². The highest BCUT2D eigenvalue weighted by Gasteiger charge is 2.53. The standard InChI is InChI=1S/C15H14N2O5/c1-9(18)22-13-12(14-16-7-8-21-14)17(15(13)19)10-3-5-11(20-2)6-4-10/h3-8,12-13H,1-2H3/t12-,13-/m0/s1. The molecule has 0 bridgehead atoms. The van der Waals surface area contributed by atoms with Gasteiger partial charge in [-0.2, -0.15) is 0 Å². The van der Waals surface area contributed by atoms with Crippen molar-refractivity contribution in [3.63, 3.8) is 0 Å². The van der Waals surface area contributed by atoms with E-state index in [4.69, 9.17) is 13.9 Å². The van der Waals surface area contributed by atoms with Crippen LogP contribution in [0.3, 0.4) is 0 Å². The molecule has 114 valence electrons. The Hall–Kier alpha value is -2.83. The molecule has 7 nitrogen and oxygen atoms in total. The van der Waals surface area contributed by atoms with E-state index in [2.05, 4.69) is 4.98 Å². The van der Waals surface area contributed by atoms with E-state index in [9.17, 15) is 9.59 Å². The summed E-state index contributed by atoms with van der Waals surface area (Å²) in [5.41, 5.74) is 0.650. The Kier molecular flexibility index (Phi) is 3.54. The van der Waals surface area contributed by atoms with Crippen LogP contribution in [-0.2, 0) is 14.3 Å². The lowest BCUT2D eigenvalue weighted by atomic mass is 9.96. The smallest absolute Gasteiger partial charge is 0.303 e. The highest BCUT2D eigenvalue weighted by atomic mass is 16.6. The van der Waals surface area contributed by atoms with Gasteiger partial charge in [0.15, 0.2) is 6.04 Å². The molecule has 2 aromatic rings. The van der Waals surface area contributed by atoms with Crippen LogP contribution in [0.2, 0.25) is 0 Å². The summed E-state index contributed by atoms with van der Waals surface area (Å²) < 4.78 is 15.4. The fraction of sp³-hybridized carbons (Fsp3) is 0.267. The van der Waals surface area contributed by atoms with Crippen molar-refractivity contribution in [2.75, 3.05) is 12.0 Å². The van der Waals surface area contributed by atoms with Crippen molar-refractivity contribution in [1.82, 2.24) is 4.98 Å². The number of hydrogen-bond acceptors (Lipinski definition) is 6. The van der Waals surface area contributed by atoms with E-state index in [1.54, 1.807) is 31.4 Å². The van der Waals surface area contributed by atoms with Crippen LogP contribution in [0.5, 0.6) is 5.75 Å². The van der Waals surface area contributed by atoms with Crippen LogP contribution >= 0.6 is 0 Å². The normalized spacial score (nSPS) is 20.5. The second-order valence-electron chi connectivity index (χ2n) is 4.75. The summed E-state index contributed by atoms with van der Waals surface area (Å²) in [6.45, 7) is 1.26. The van der Waals surface area contributed by atoms with E-state index in [0.29, 0.717) is 17.3 Å². The second kappa shape index (κ2) is 5.51. The lowest BCUT2D eigenvalue weighted by Crippen LogP contribution is -2.60. The Labute approximate surface area is 126 Å². The Morgan fingerprint density at radius 2 is 2.05 bits per heavy atom. The fourth-order valence-corrected chi connectivity index (χ4v) is 2.41. The molecule has 1 aliphatic rings. The number of ether oxygens (including phenoxy) is 2. The van der Waals surface area contributed by atoms with Crippen LogP contribution in [-0.4, -0.2) is 30.1 Å². The molecule has 0 spiro atoms. The first-order valence-corrected chi connectivity index (χ1v) is 6.65. The molecular formula is C15H14N2O5. The van der Waals surface area contributed by atoms with Gasteiger partial charge in [-0.1, -0.05) is 0 Å². The Balaban J connectivity index is 1.91. The zero-order chi connectivity index (χ0) is 15.7. The van der Waals surface area contributed by atoms with Crippen LogP contribution in [0.1, 0.15) is 18.9 Å². The minimum atomic E-state index is -0.918. The first-order valence-electron chi connectivity index (χ1n) is 6.65. The molecule has 1 saturated heterocycles. The van der Waals surface area contributed by atoms with Gasteiger partial charge in [-0.3, -0.25) is 14.5 Å². The van der Waals surface area contributed by atoms with E-state index in [1.165, 1.54) is 24.3 Å². The van der Waals surface area contributed by atoms with Gasteiger partial charge in [-0.25, -0.2) is 4.98 Å². The SMILES string of the molecule is COc1ccc(N2C(=O)[C@@H](OC(C)=O)[C@H]2c2ncco2)cc1. The molecule has 1 fully saturated rings. The number of amides is 1. The predicted molar refractivity (Wildman–Crippen MR) is 75.3 cm³/mol. The zero-order valence-electron chi connectivity index (χ0n) is 12.1. The van der Waals surface area contributed by atoms with Gasteiger partial charge in [0.05, 0.1) is 13.3 Å². The number of aromatic nitrogens is 1. The lowest BCUT2D eigenvalue weighted by Gasteiger charge is -2.43. The zero-order valence-corrected chi connectivity index (χ0v) is 12.1. The van der Waals surface area contributed by atoms with Crippen LogP contribution in [0.15, 0.2) is 41.1 Å². The largest absolute Gasteiger partial charge is 0.497 e. The quantitative estimate of drug-likeness (QED) is 0.631. The van der Waals surface area contributed by atoms with Crippen LogP contribution in [0.4, 0.5) is 5.69 Å². The van der Waals surface area contributed by atoms with Crippen molar-refractivity contribution in [3.8, 4) is 5.75 Å². The third kappa shape index (κ3) is 2.30. The molecule has 22 heavy (non-hydrogen) atoms. The highest BCUT2D eigenvalue weighted by Crippen LogP contribution is 2.40. The topological polar surface area (TPSA) is 81.9 Å². The minimum Gasteiger partial charge on any atom is -0.497 e. The summed E-state index contributed by atoms with van der Waals surface area (Å²) >= 11 is 0. The van der Waals surface area contributed by atoms with Crippen molar-refractivity contribution in [2.24, 2.45) is 0 Å². The number of esters is 1.